The van der Waals surface area contributed by atoms with E-state index in [1.807, 2.05) is 14.2 Å². The van der Waals surface area contributed by atoms with E-state index in [1.165, 1.54) is 51.4 Å². The van der Waals surface area contributed by atoms with Crippen molar-refractivity contribution in [1.82, 2.24) is 9.34 Å². The van der Waals surface area contributed by atoms with Crippen molar-refractivity contribution in [3.8, 4) is 0 Å². The zero-order valence-electron chi connectivity index (χ0n) is 16.9. The van der Waals surface area contributed by atoms with E-state index in [4.69, 9.17) is 17.0 Å². The summed E-state index contributed by atoms with van der Waals surface area (Å²) in [6.45, 7) is 3.90. The fraction of sp³-hybridized carbons (Fsp3) is 0.895. The minimum atomic E-state index is -1.86. The monoisotopic (exact) mass is 423 g/mol. The molecule has 0 spiro atoms. The predicted octanol–water partition coefficient (Wildman–Crippen LogP) is 3.73. The van der Waals surface area contributed by atoms with Crippen LogP contribution in [-0.4, -0.2) is 75.2 Å². The average Bonchev–Trinajstić information content (AvgIpc) is 3.26. The quantitative estimate of drug-likeness (QED) is 0.354. The zero-order chi connectivity index (χ0) is 17.0. The zero-order valence-corrected chi connectivity index (χ0v) is 18.9. The molecule has 3 atom stereocenters. The van der Waals surface area contributed by atoms with E-state index in [9.17, 15) is 0 Å². The van der Waals surface area contributed by atoms with Gasteiger partial charge in [0.1, 0.15) is 0 Å². The van der Waals surface area contributed by atoms with Crippen LogP contribution in [0.4, 0.5) is 0 Å². The van der Waals surface area contributed by atoms with Crippen LogP contribution in [0.2, 0.25) is 0 Å². The van der Waals surface area contributed by atoms with Gasteiger partial charge in [0.2, 0.25) is 0 Å². The van der Waals surface area contributed by atoms with Crippen LogP contribution in [0.25, 0.3) is 0 Å². The van der Waals surface area contributed by atoms with Gasteiger partial charge in [0.05, 0.1) is 32.7 Å². The molecule has 2 heterocycles. The van der Waals surface area contributed by atoms with Crippen molar-refractivity contribution in [2.45, 2.75) is 69.1 Å². The first kappa shape index (κ1) is 24.9. The molecule has 3 aliphatic rings. The number of hydrogen-bond acceptors (Lipinski definition) is 4. The smallest absolute Gasteiger partial charge is 0.383 e. The van der Waals surface area contributed by atoms with Gasteiger partial charge in [0.15, 0.2) is 0 Å². The van der Waals surface area contributed by atoms with Crippen molar-refractivity contribution < 1.29 is 26.5 Å². The molecular formula is C19H37BFeN2O2P+. The summed E-state index contributed by atoms with van der Waals surface area (Å²) in [5, 5.41) is 0. The molecule has 3 rings (SSSR count). The molecule has 2 radical (unpaired) electrons. The Morgan fingerprint density at radius 3 is 1.88 bits per heavy atom. The maximum atomic E-state index is 7.45. The minimum absolute atomic E-state index is 0. The normalized spacial score (nSPS) is 30.8. The Balaban J connectivity index is 0.00000169. The largest absolute Gasteiger partial charge is 2.00 e. The summed E-state index contributed by atoms with van der Waals surface area (Å²) in [6.07, 6.45) is 12.7. The number of nitrogens with zero attached hydrogens (tertiary/aromatic N) is 2. The number of hydrogen-bond donors (Lipinski definition) is 0. The minimum Gasteiger partial charge on any atom is -0.383 e. The molecule has 1 aliphatic carbocycles. The van der Waals surface area contributed by atoms with Crippen molar-refractivity contribution in [3.05, 3.63) is 13.8 Å². The van der Waals surface area contributed by atoms with Crippen LogP contribution in [0, 0.1) is 13.8 Å². The van der Waals surface area contributed by atoms with Crippen molar-refractivity contribution in [1.29, 1.82) is 0 Å². The fourth-order valence-electron chi connectivity index (χ4n) is 5.01. The maximum Gasteiger partial charge on any atom is 2.00 e. The molecule has 1 saturated carbocycles. The summed E-state index contributed by atoms with van der Waals surface area (Å²) in [4.78, 5) is 0. The first-order chi connectivity index (χ1) is 11.7. The van der Waals surface area contributed by atoms with E-state index in [0.29, 0.717) is 17.7 Å². The molecule has 0 N–H and O–H groups in total. The first-order valence-electron chi connectivity index (χ1n) is 9.74. The Morgan fingerprint density at radius 1 is 0.923 bits per heavy atom. The second-order valence-corrected chi connectivity index (χ2v) is 10.7. The second-order valence-electron chi connectivity index (χ2n) is 7.62. The molecule has 3 fully saturated rings. The van der Waals surface area contributed by atoms with E-state index < -0.39 is 7.44 Å². The van der Waals surface area contributed by atoms with Crippen LogP contribution in [0.1, 0.15) is 51.4 Å². The summed E-state index contributed by atoms with van der Waals surface area (Å²) < 4.78 is 16.5. The van der Waals surface area contributed by atoms with Gasteiger partial charge in [-0.2, -0.15) is 15.8 Å². The Bertz CT molecular complexity index is 378. The van der Waals surface area contributed by atoms with Gasteiger partial charge in [-0.15, -0.1) is 0 Å². The third-order valence-corrected chi connectivity index (χ3v) is 10.3. The summed E-state index contributed by atoms with van der Waals surface area (Å²) in [5.74, 6) is 0. The van der Waals surface area contributed by atoms with Crippen molar-refractivity contribution >= 4 is 15.0 Å². The van der Waals surface area contributed by atoms with E-state index in [1.54, 1.807) is 0 Å². The van der Waals surface area contributed by atoms with Gasteiger partial charge in [0, 0.05) is 27.3 Å². The molecule has 150 valence electrons. The third-order valence-electron chi connectivity index (χ3n) is 6.11. The molecule has 2 saturated heterocycles. The van der Waals surface area contributed by atoms with Gasteiger partial charge in [-0.3, -0.25) is 6.42 Å². The van der Waals surface area contributed by atoms with E-state index in [2.05, 4.69) is 15.8 Å². The van der Waals surface area contributed by atoms with Gasteiger partial charge in [0.25, 0.3) is 0 Å². The van der Waals surface area contributed by atoms with Crippen molar-refractivity contribution in [2.24, 2.45) is 0 Å². The van der Waals surface area contributed by atoms with Crippen LogP contribution in [0.5, 0.6) is 0 Å². The molecule has 0 unspecified atom stereocenters. The molecule has 0 bridgehead atoms. The molecule has 4 nitrogen and oxygen atoms in total. The van der Waals surface area contributed by atoms with Gasteiger partial charge in [-0.1, -0.05) is 12.8 Å². The van der Waals surface area contributed by atoms with Gasteiger partial charge < -0.3 is 16.9 Å². The van der Waals surface area contributed by atoms with Crippen LogP contribution in [0.3, 0.4) is 0 Å². The Kier molecular flexibility index (Phi) is 11.3. The summed E-state index contributed by atoms with van der Waals surface area (Å²) in [7, 11) is 9.23. The standard InChI is InChI=1S/C18H34BN2O2P.CH3.Fe/c1-22-14-16-8-6-12-20(16)24(19,18-10-4-3-5-11-18)21-13-7-9-17(21)15-23-2;;/h10,16-18H,3-9,11-15H2,1-2H3;1H3;/q;-1;+2/t16-,17-,18+;;/m0../s1. The molecule has 0 aromatic rings. The van der Waals surface area contributed by atoms with Gasteiger partial charge >= 0.3 is 24.6 Å². The van der Waals surface area contributed by atoms with Crippen molar-refractivity contribution in [3.63, 3.8) is 0 Å². The van der Waals surface area contributed by atoms with Crippen LogP contribution < -0.4 is 0 Å². The number of rotatable bonds is 7. The maximum absolute atomic E-state index is 7.45. The van der Waals surface area contributed by atoms with Gasteiger partial charge in [-0.25, -0.2) is 0 Å². The Hall–Kier alpha value is 0.854. The van der Waals surface area contributed by atoms with Crippen LogP contribution in [-0.2, 0) is 26.5 Å². The summed E-state index contributed by atoms with van der Waals surface area (Å²) in [6, 6.07) is 0.986. The Morgan fingerprint density at radius 2 is 1.46 bits per heavy atom. The molecule has 0 amide bonds. The molecule has 0 aromatic carbocycles. The third kappa shape index (κ3) is 5.06. The van der Waals surface area contributed by atoms with E-state index in [0.717, 1.165) is 26.3 Å². The number of ether oxygens (including phenoxy) is 2. The second kappa shape index (κ2) is 11.8. The van der Waals surface area contributed by atoms with Crippen molar-refractivity contribution in [2.75, 3.05) is 40.5 Å². The SMILES string of the molecule is [B][P+]([C@@H]1[CH-]CCCC1)(N1CCC[C@H]1COC)N1CCC[C@H]1COC.[CH3-].[Fe+2]. The molecule has 7 heteroatoms. The van der Waals surface area contributed by atoms with Gasteiger partial charge in [-0.05, 0) is 37.8 Å². The fourth-order valence-corrected chi connectivity index (χ4v) is 9.42. The Labute approximate surface area is 174 Å². The predicted molar refractivity (Wildman–Crippen MR) is 109 cm³/mol. The first-order valence-corrected chi connectivity index (χ1v) is 11.6. The molecule has 26 heavy (non-hydrogen) atoms. The van der Waals surface area contributed by atoms with Crippen LogP contribution in [0.15, 0.2) is 0 Å². The molecule has 2 aliphatic heterocycles. The van der Waals surface area contributed by atoms with Crippen LogP contribution >= 0.6 is 7.44 Å². The topological polar surface area (TPSA) is 24.9 Å². The molecule has 0 aromatic heterocycles. The summed E-state index contributed by atoms with van der Waals surface area (Å²) in [5.41, 5.74) is 0.557. The average molecular weight is 423 g/mol. The summed E-state index contributed by atoms with van der Waals surface area (Å²) >= 11 is 0. The van der Waals surface area contributed by atoms with E-state index >= 15 is 0 Å². The molecular weight excluding hydrogens is 386 g/mol. The number of methoxy groups -OCH3 is 2. The van der Waals surface area contributed by atoms with E-state index in [-0.39, 0.29) is 24.5 Å².